The number of nitrogens with zero attached hydrogens (tertiary/aromatic N) is 2. The van der Waals surface area contributed by atoms with E-state index in [4.69, 9.17) is 21.1 Å². The Kier molecular flexibility index (Phi) is 6.90. The van der Waals surface area contributed by atoms with E-state index in [-0.39, 0.29) is 18.5 Å². The Morgan fingerprint density at radius 3 is 2.59 bits per heavy atom. The Labute approximate surface area is 191 Å². The van der Waals surface area contributed by atoms with E-state index in [1.54, 1.807) is 47.6 Å². The third-order valence-corrected chi connectivity index (χ3v) is 5.63. The van der Waals surface area contributed by atoms with Crippen LogP contribution < -0.4 is 9.47 Å². The van der Waals surface area contributed by atoms with Crippen LogP contribution in [0.5, 0.6) is 11.5 Å². The van der Waals surface area contributed by atoms with Crippen molar-refractivity contribution in [1.82, 2.24) is 9.88 Å². The van der Waals surface area contributed by atoms with Crippen molar-refractivity contribution >= 4 is 17.5 Å². The standard InChI is InChI=1S/C25H24ClFN2O3/c1-2-31-24-14-18(6-9-23(24)32-16-17-10-12-28-13-11-17)25(30)29(19-7-8-19)15-20-21(26)4-3-5-22(20)27/h3-6,9-14,19H,2,7-8,15-16H2,1H3. The molecule has 0 spiro atoms. The highest BCUT2D eigenvalue weighted by atomic mass is 35.5. The minimum absolute atomic E-state index is 0.0799. The number of hydrogen-bond donors (Lipinski definition) is 0. The highest BCUT2D eigenvalue weighted by Crippen LogP contribution is 2.34. The summed E-state index contributed by atoms with van der Waals surface area (Å²) in [6, 6.07) is 13.5. The molecule has 1 aromatic heterocycles. The summed E-state index contributed by atoms with van der Waals surface area (Å²) in [5.41, 5.74) is 1.77. The number of ether oxygens (including phenoxy) is 2. The summed E-state index contributed by atoms with van der Waals surface area (Å²) >= 11 is 6.20. The fourth-order valence-corrected chi connectivity index (χ4v) is 3.66. The van der Waals surface area contributed by atoms with E-state index in [0.717, 1.165) is 18.4 Å². The van der Waals surface area contributed by atoms with E-state index in [9.17, 15) is 9.18 Å². The van der Waals surface area contributed by atoms with E-state index in [1.807, 2.05) is 19.1 Å². The van der Waals surface area contributed by atoms with Crippen LogP contribution in [0.4, 0.5) is 4.39 Å². The number of benzene rings is 2. The molecule has 32 heavy (non-hydrogen) atoms. The number of halogens is 2. The molecule has 0 atom stereocenters. The minimum Gasteiger partial charge on any atom is -0.490 e. The lowest BCUT2D eigenvalue weighted by Gasteiger charge is -2.24. The second-order valence-corrected chi connectivity index (χ2v) is 8.01. The summed E-state index contributed by atoms with van der Waals surface area (Å²) < 4.78 is 26.0. The lowest BCUT2D eigenvalue weighted by molar-refractivity contribution is 0.0727. The molecule has 0 radical (unpaired) electrons. The first-order valence-corrected chi connectivity index (χ1v) is 11.0. The number of amides is 1. The molecule has 0 saturated heterocycles. The van der Waals surface area contributed by atoms with Crippen LogP contribution in [0, 0.1) is 5.82 Å². The number of aromatic nitrogens is 1. The molecule has 1 aliphatic rings. The topological polar surface area (TPSA) is 51.7 Å². The van der Waals surface area contributed by atoms with Gasteiger partial charge in [-0.1, -0.05) is 17.7 Å². The Bertz CT molecular complexity index is 1070. The maximum absolute atomic E-state index is 14.3. The first-order valence-electron chi connectivity index (χ1n) is 10.6. The summed E-state index contributed by atoms with van der Waals surface area (Å²) in [6.45, 7) is 2.79. The molecule has 1 heterocycles. The average Bonchev–Trinajstić information content (AvgIpc) is 3.64. The molecule has 2 aromatic carbocycles. The molecule has 166 valence electrons. The van der Waals surface area contributed by atoms with Gasteiger partial charge in [0.25, 0.3) is 5.91 Å². The van der Waals surface area contributed by atoms with Gasteiger partial charge in [0, 0.05) is 34.6 Å². The normalized spacial score (nSPS) is 13.0. The highest BCUT2D eigenvalue weighted by molar-refractivity contribution is 6.31. The quantitative estimate of drug-likeness (QED) is 0.419. The zero-order valence-electron chi connectivity index (χ0n) is 17.8. The van der Waals surface area contributed by atoms with Crippen molar-refractivity contribution < 1.29 is 18.7 Å². The predicted octanol–water partition coefficient (Wildman–Crippen LogP) is 5.66. The van der Waals surface area contributed by atoms with Crippen molar-refractivity contribution in [2.75, 3.05) is 6.61 Å². The van der Waals surface area contributed by atoms with E-state index in [1.165, 1.54) is 6.07 Å². The molecule has 7 heteroatoms. The fraction of sp³-hybridized carbons (Fsp3) is 0.280. The van der Waals surface area contributed by atoms with Crippen LogP contribution in [0.25, 0.3) is 0 Å². The number of pyridine rings is 1. The molecule has 0 unspecified atom stereocenters. The molecule has 3 aromatic rings. The van der Waals surface area contributed by atoms with Crippen molar-refractivity contribution in [2.45, 2.75) is 39.0 Å². The molecule has 0 aliphatic heterocycles. The smallest absolute Gasteiger partial charge is 0.254 e. The van der Waals surface area contributed by atoms with Crippen molar-refractivity contribution in [3.63, 3.8) is 0 Å². The van der Waals surface area contributed by atoms with Gasteiger partial charge in [-0.25, -0.2) is 4.39 Å². The van der Waals surface area contributed by atoms with E-state index in [0.29, 0.717) is 40.9 Å². The molecule has 0 bridgehead atoms. The molecule has 4 rings (SSSR count). The Balaban J connectivity index is 1.55. The van der Waals surface area contributed by atoms with Gasteiger partial charge in [-0.05, 0) is 67.8 Å². The van der Waals surface area contributed by atoms with Gasteiger partial charge in [0.05, 0.1) is 13.2 Å². The summed E-state index contributed by atoms with van der Waals surface area (Å²) in [5.74, 6) is 0.446. The van der Waals surface area contributed by atoms with Gasteiger partial charge in [-0.2, -0.15) is 0 Å². The van der Waals surface area contributed by atoms with Crippen LogP contribution >= 0.6 is 11.6 Å². The van der Waals surface area contributed by atoms with Crippen LogP contribution in [0.3, 0.4) is 0 Å². The summed E-state index contributed by atoms with van der Waals surface area (Å²) in [6.07, 6.45) is 5.20. The van der Waals surface area contributed by atoms with E-state index < -0.39 is 5.82 Å². The molecular formula is C25H24ClFN2O3. The highest BCUT2D eigenvalue weighted by Gasteiger charge is 2.34. The van der Waals surface area contributed by atoms with Gasteiger partial charge in [0.2, 0.25) is 0 Å². The van der Waals surface area contributed by atoms with Crippen molar-refractivity contribution in [1.29, 1.82) is 0 Å². The third kappa shape index (κ3) is 5.19. The van der Waals surface area contributed by atoms with Crippen LogP contribution in [-0.2, 0) is 13.2 Å². The van der Waals surface area contributed by atoms with Crippen LogP contribution in [0.2, 0.25) is 5.02 Å². The number of rotatable bonds is 9. The SMILES string of the molecule is CCOc1cc(C(=O)N(Cc2c(F)cccc2Cl)C2CC2)ccc1OCc1ccncc1. The molecular weight excluding hydrogens is 431 g/mol. The van der Waals surface area contributed by atoms with Crippen LogP contribution in [-0.4, -0.2) is 28.4 Å². The second kappa shape index (κ2) is 10.0. The van der Waals surface area contributed by atoms with Gasteiger partial charge in [0.15, 0.2) is 11.5 Å². The Morgan fingerprint density at radius 2 is 1.91 bits per heavy atom. The summed E-state index contributed by atoms with van der Waals surface area (Å²) in [4.78, 5) is 19.0. The third-order valence-electron chi connectivity index (χ3n) is 5.27. The van der Waals surface area contributed by atoms with Gasteiger partial charge in [0.1, 0.15) is 12.4 Å². The lowest BCUT2D eigenvalue weighted by Crippen LogP contribution is -2.33. The molecule has 1 aliphatic carbocycles. The predicted molar refractivity (Wildman–Crippen MR) is 120 cm³/mol. The largest absolute Gasteiger partial charge is 0.490 e. The maximum atomic E-state index is 14.3. The first-order chi connectivity index (χ1) is 15.6. The zero-order valence-corrected chi connectivity index (χ0v) is 18.5. The van der Waals surface area contributed by atoms with Crippen LogP contribution in [0.1, 0.15) is 41.3 Å². The second-order valence-electron chi connectivity index (χ2n) is 7.60. The van der Waals surface area contributed by atoms with Crippen molar-refractivity contribution in [2.24, 2.45) is 0 Å². The number of carbonyl (C=O) groups is 1. The molecule has 5 nitrogen and oxygen atoms in total. The Morgan fingerprint density at radius 1 is 1.12 bits per heavy atom. The fourth-order valence-electron chi connectivity index (χ4n) is 3.44. The maximum Gasteiger partial charge on any atom is 0.254 e. The molecule has 1 amide bonds. The van der Waals surface area contributed by atoms with Gasteiger partial charge in [-0.3, -0.25) is 9.78 Å². The number of hydrogen-bond acceptors (Lipinski definition) is 4. The lowest BCUT2D eigenvalue weighted by atomic mass is 10.1. The zero-order chi connectivity index (χ0) is 22.5. The summed E-state index contributed by atoms with van der Waals surface area (Å²) in [5, 5.41) is 0.318. The molecule has 0 N–H and O–H groups in total. The van der Waals surface area contributed by atoms with Gasteiger partial charge in [-0.15, -0.1) is 0 Å². The van der Waals surface area contributed by atoms with Crippen LogP contribution in [0.15, 0.2) is 60.9 Å². The monoisotopic (exact) mass is 454 g/mol. The molecule has 1 saturated carbocycles. The molecule has 1 fully saturated rings. The van der Waals surface area contributed by atoms with E-state index >= 15 is 0 Å². The first kappa shape index (κ1) is 22.1. The minimum atomic E-state index is -0.411. The van der Waals surface area contributed by atoms with Gasteiger partial charge < -0.3 is 14.4 Å². The summed E-state index contributed by atoms with van der Waals surface area (Å²) in [7, 11) is 0. The van der Waals surface area contributed by atoms with Crippen molar-refractivity contribution in [3.8, 4) is 11.5 Å². The van der Waals surface area contributed by atoms with Gasteiger partial charge >= 0.3 is 0 Å². The van der Waals surface area contributed by atoms with E-state index in [2.05, 4.69) is 4.98 Å². The average molecular weight is 455 g/mol. The Hall–Kier alpha value is -3.12. The number of carbonyl (C=O) groups excluding carboxylic acids is 1. The van der Waals surface area contributed by atoms with Crippen molar-refractivity contribution in [3.05, 3.63) is 88.5 Å².